The lowest BCUT2D eigenvalue weighted by Crippen LogP contribution is -2.31. The Balaban J connectivity index is 2.49. The summed E-state index contributed by atoms with van der Waals surface area (Å²) in [4.78, 5) is 0. The molecule has 0 aliphatic heterocycles. The number of nitrogens with two attached hydrogens (primary N) is 1. The maximum absolute atomic E-state index is 5.67. The molecule has 0 aliphatic carbocycles. The molecule has 0 saturated heterocycles. The molecule has 0 aliphatic rings. The van der Waals surface area contributed by atoms with Crippen LogP contribution in [0.25, 0.3) is 0 Å². The van der Waals surface area contributed by atoms with Crippen molar-refractivity contribution in [3.05, 3.63) is 49.8 Å². The smallest absolute Gasteiger partial charge is 0.0888 e. The SMILES string of the molecule is Cn1nccc1C(NN)c1cc(Br)ccc1I. The Morgan fingerprint density at radius 1 is 1.47 bits per heavy atom. The summed E-state index contributed by atoms with van der Waals surface area (Å²) in [5.41, 5.74) is 5.00. The summed E-state index contributed by atoms with van der Waals surface area (Å²) in [5, 5.41) is 4.17. The average molecular weight is 407 g/mol. The normalized spacial score (nSPS) is 12.7. The molecule has 2 rings (SSSR count). The third kappa shape index (κ3) is 2.70. The van der Waals surface area contributed by atoms with E-state index in [2.05, 4.69) is 61.2 Å². The highest BCUT2D eigenvalue weighted by atomic mass is 127. The Kier molecular flexibility index (Phi) is 4.18. The summed E-state index contributed by atoms with van der Waals surface area (Å²) in [7, 11) is 1.91. The second kappa shape index (κ2) is 5.47. The van der Waals surface area contributed by atoms with Gasteiger partial charge in [0, 0.05) is 21.3 Å². The van der Waals surface area contributed by atoms with Crippen molar-refractivity contribution in [2.45, 2.75) is 6.04 Å². The van der Waals surface area contributed by atoms with Crippen LogP contribution in [0.15, 0.2) is 34.9 Å². The number of aryl methyl sites for hydroxylation is 1. The molecule has 1 atom stereocenters. The van der Waals surface area contributed by atoms with Gasteiger partial charge in [-0.2, -0.15) is 5.10 Å². The molecule has 3 N–H and O–H groups in total. The molecule has 0 amide bonds. The first kappa shape index (κ1) is 13.0. The zero-order valence-corrected chi connectivity index (χ0v) is 12.9. The minimum Gasteiger partial charge on any atom is -0.271 e. The van der Waals surface area contributed by atoms with Crippen molar-refractivity contribution in [3.8, 4) is 0 Å². The van der Waals surface area contributed by atoms with E-state index in [0.717, 1.165) is 19.3 Å². The Labute approximate surface area is 122 Å². The molecule has 4 nitrogen and oxygen atoms in total. The van der Waals surface area contributed by atoms with Crippen molar-refractivity contribution in [2.24, 2.45) is 12.9 Å². The van der Waals surface area contributed by atoms with E-state index in [0.29, 0.717) is 0 Å². The van der Waals surface area contributed by atoms with Gasteiger partial charge in [0.25, 0.3) is 0 Å². The van der Waals surface area contributed by atoms with E-state index in [-0.39, 0.29) is 6.04 Å². The van der Waals surface area contributed by atoms with Crippen LogP contribution in [0.5, 0.6) is 0 Å². The average Bonchev–Trinajstić information content (AvgIpc) is 2.71. The first-order chi connectivity index (χ1) is 8.13. The van der Waals surface area contributed by atoms with Crippen molar-refractivity contribution in [1.29, 1.82) is 0 Å². The van der Waals surface area contributed by atoms with Gasteiger partial charge in [-0.05, 0) is 52.4 Å². The van der Waals surface area contributed by atoms with Crippen LogP contribution in [0.2, 0.25) is 0 Å². The van der Waals surface area contributed by atoms with Gasteiger partial charge in [0.05, 0.1) is 11.7 Å². The summed E-state index contributed by atoms with van der Waals surface area (Å²) in [6.45, 7) is 0. The molecule has 0 fully saturated rings. The molecule has 1 aromatic carbocycles. The number of hydrazine groups is 1. The summed E-state index contributed by atoms with van der Waals surface area (Å²) in [5.74, 6) is 5.67. The minimum atomic E-state index is -0.0631. The number of nitrogens with zero attached hydrogens (tertiary/aromatic N) is 2. The monoisotopic (exact) mass is 406 g/mol. The molecule has 17 heavy (non-hydrogen) atoms. The number of aromatic nitrogens is 2. The Bertz CT molecular complexity index is 526. The van der Waals surface area contributed by atoms with Crippen LogP contribution in [-0.4, -0.2) is 9.78 Å². The molecule has 1 aromatic heterocycles. The molecule has 1 heterocycles. The fraction of sp³-hybridized carbons (Fsp3) is 0.182. The van der Waals surface area contributed by atoms with E-state index < -0.39 is 0 Å². The topological polar surface area (TPSA) is 55.9 Å². The maximum Gasteiger partial charge on any atom is 0.0888 e. The fourth-order valence-electron chi connectivity index (χ4n) is 1.74. The van der Waals surface area contributed by atoms with E-state index in [1.807, 2.05) is 23.9 Å². The number of nitrogens with one attached hydrogen (secondary N) is 1. The zero-order valence-electron chi connectivity index (χ0n) is 9.19. The van der Waals surface area contributed by atoms with E-state index in [4.69, 9.17) is 5.84 Å². The largest absolute Gasteiger partial charge is 0.271 e. The molecule has 0 saturated carbocycles. The van der Waals surface area contributed by atoms with E-state index in [1.54, 1.807) is 6.20 Å². The van der Waals surface area contributed by atoms with Gasteiger partial charge in [0.15, 0.2) is 0 Å². The number of rotatable bonds is 3. The van der Waals surface area contributed by atoms with Crippen LogP contribution in [-0.2, 0) is 7.05 Å². The predicted octanol–water partition coefficient (Wildman–Crippen LogP) is 2.34. The highest BCUT2D eigenvalue weighted by molar-refractivity contribution is 14.1. The molecule has 90 valence electrons. The van der Waals surface area contributed by atoms with E-state index in [9.17, 15) is 0 Å². The van der Waals surface area contributed by atoms with E-state index in [1.165, 1.54) is 0 Å². The highest BCUT2D eigenvalue weighted by Crippen LogP contribution is 2.27. The van der Waals surface area contributed by atoms with Crippen molar-refractivity contribution < 1.29 is 0 Å². The van der Waals surface area contributed by atoms with E-state index >= 15 is 0 Å². The summed E-state index contributed by atoms with van der Waals surface area (Å²) in [6, 6.07) is 8.04. The minimum absolute atomic E-state index is 0.0631. The van der Waals surface area contributed by atoms with Gasteiger partial charge in [-0.15, -0.1) is 0 Å². The lowest BCUT2D eigenvalue weighted by atomic mass is 10.0. The van der Waals surface area contributed by atoms with Gasteiger partial charge in [-0.25, -0.2) is 5.43 Å². The standard InChI is InChI=1S/C11H12BrIN4/c1-17-10(4-5-15-17)11(16-14)8-6-7(12)2-3-9(8)13/h2-6,11,16H,14H2,1H3. The van der Waals surface area contributed by atoms with Gasteiger partial charge in [0.2, 0.25) is 0 Å². The molecule has 1 unspecified atom stereocenters. The molecular weight excluding hydrogens is 395 g/mol. The highest BCUT2D eigenvalue weighted by Gasteiger charge is 2.18. The maximum atomic E-state index is 5.67. The lowest BCUT2D eigenvalue weighted by Gasteiger charge is -2.18. The zero-order chi connectivity index (χ0) is 12.4. The molecule has 2 aromatic rings. The van der Waals surface area contributed by atoms with Gasteiger partial charge in [0.1, 0.15) is 0 Å². The van der Waals surface area contributed by atoms with Gasteiger partial charge in [-0.3, -0.25) is 10.5 Å². The number of halogens is 2. The molecule has 0 bridgehead atoms. The summed E-state index contributed by atoms with van der Waals surface area (Å²) < 4.78 is 4.02. The predicted molar refractivity (Wildman–Crippen MR) is 79.2 cm³/mol. The number of benzene rings is 1. The first-order valence-electron chi connectivity index (χ1n) is 5.02. The van der Waals surface area contributed by atoms with Crippen molar-refractivity contribution in [1.82, 2.24) is 15.2 Å². The Hall–Kier alpha value is -0.440. The summed E-state index contributed by atoms with van der Waals surface area (Å²) >= 11 is 5.79. The number of hydrogen-bond donors (Lipinski definition) is 2. The van der Waals surface area contributed by atoms with Crippen LogP contribution >= 0.6 is 38.5 Å². The Morgan fingerprint density at radius 2 is 2.24 bits per heavy atom. The second-order valence-corrected chi connectivity index (χ2v) is 5.72. The van der Waals surface area contributed by atoms with Crippen molar-refractivity contribution in [2.75, 3.05) is 0 Å². The van der Waals surface area contributed by atoms with Gasteiger partial charge >= 0.3 is 0 Å². The van der Waals surface area contributed by atoms with Crippen LogP contribution in [0.3, 0.4) is 0 Å². The van der Waals surface area contributed by atoms with Crippen molar-refractivity contribution >= 4 is 38.5 Å². The van der Waals surface area contributed by atoms with Gasteiger partial charge in [-0.1, -0.05) is 15.9 Å². The second-order valence-electron chi connectivity index (χ2n) is 3.65. The summed E-state index contributed by atoms with van der Waals surface area (Å²) in [6.07, 6.45) is 1.77. The van der Waals surface area contributed by atoms with Crippen LogP contribution in [0, 0.1) is 3.57 Å². The molecule has 0 spiro atoms. The quantitative estimate of drug-likeness (QED) is 0.467. The molecule has 6 heteroatoms. The third-order valence-electron chi connectivity index (χ3n) is 2.59. The molecule has 0 radical (unpaired) electrons. The number of hydrogen-bond acceptors (Lipinski definition) is 3. The first-order valence-corrected chi connectivity index (χ1v) is 6.89. The van der Waals surface area contributed by atoms with Crippen LogP contribution in [0.4, 0.5) is 0 Å². The fourth-order valence-corrected chi connectivity index (χ4v) is 2.76. The Morgan fingerprint density at radius 3 is 2.82 bits per heavy atom. The molecular formula is C11H12BrIN4. The van der Waals surface area contributed by atoms with Gasteiger partial charge < -0.3 is 0 Å². The lowest BCUT2D eigenvalue weighted by molar-refractivity contribution is 0.573. The van der Waals surface area contributed by atoms with Crippen LogP contribution < -0.4 is 11.3 Å². The van der Waals surface area contributed by atoms with Crippen molar-refractivity contribution in [3.63, 3.8) is 0 Å². The van der Waals surface area contributed by atoms with Crippen LogP contribution in [0.1, 0.15) is 17.3 Å². The third-order valence-corrected chi connectivity index (χ3v) is 4.07.